The second-order valence-corrected chi connectivity index (χ2v) is 6.10. The van der Waals surface area contributed by atoms with Crippen molar-refractivity contribution in [3.05, 3.63) is 39.3 Å². The summed E-state index contributed by atoms with van der Waals surface area (Å²) in [6.07, 6.45) is 11.7. The van der Waals surface area contributed by atoms with Crippen LogP contribution in [0.5, 0.6) is 0 Å². The second kappa shape index (κ2) is 8.12. The Labute approximate surface area is 128 Å². The van der Waals surface area contributed by atoms with Crippen molar-refractivity contribution in [3.8, 4) is 0 Å². The van der Waals surface area contributed by atoms with Crippen LogP contribution in [0, 0.1) is 0 Å². The number of aryl methyl sites for hydroxylation is 1. The lowest BCUT2D eigenvalue weighted by molar-refractivity contribution is 0.670. The van der Waals surface area contributed by atoms with E-state index < -0.39 is 0 Å². The Morgan fingerprint density at radius 3 is 2.85 bits per heavy atom. The zero-order valence-electron chi connectivity index (χ0n) is 11.6. The smallest absolute Gasteiger partial charge is 0.217 e. The van der Waals surface area contributed by atoms with Crippen LogP contribution in [0.2, 0.25) is 5.28 Å². The number of halogens is 1. The molecule has 106 valence electrons. The molecule has 5 heteroatoms. The summed E-state index contributed by atoms with van der Waals surface area (Å²) >= 11 is 7.54. The molecule has 0 unspecified atom stereocenters. The summed E-state index contributed by atoms with van der Waals surface area (Å²) in [4.78, 5) is 14.5. The Bertz CT molecular complexity index is 566. The maximum atomic E-state index is 5.72. The first-order chi connectivity index (χ1) is 9.78. The minimum absolute atomic E-state index is 0.224. The number of thiophene rings is 1. The summed E-state index contributed by atoms with van der Waals surface area (Å²) in [6.45, 7) is 2.24. The van der Waals surface area contributed by atoms with Gasteiger partial charge in [-0.25, -0.2) is 9.97 Å². The van der Waals surface area contributed by atoms with Crippen LogP contribution < -0.4 is 0 Å². The molecule has 0 fully saturated rings. The number of aromatic nitrogens is 3. The summed E-state index contributed by atoms with van der Waals surface area (Å²) in [7, 11) is 0. The van der Waals surface area contributed by atoms with E-state index in [1.807, 2.05) is 23.5 Å². The minimum atomic E-state index is 0.224. The zero-order chi connectivity index (χ0) is 14.2. The van der Waals surface area contributed by atoms with E-state index in [1.54, 1.807) is 0 Å². The van der Waals surface area contributed by atoms with Gasteiger partial charge in [-0.2, -0.15) is 4.98 Å². The van der Waals surface area contributed by atoms with E-state index in [0.717, 1.165) is 0 Å². The van der Waals surface area contributed by atoms with E-state index in [0.29, 0.717) is 5.82 Å². The molecule has 3 nitrogen and oxygen atoms in total. The molecule has 0 aliphatic carbocycles. The molecule has 2 aromatic heterocycles. The average Bonchev–Trinajstić information content (AvgIpc) is 2.89. The largest absolute Gasteiger partial charge is 0.225 e. The summed E-state index contributed by atoms with van der Waals surface area (Å²) in [5.41, 5.74) is 0. The van der Waals surface area contributed by atoms with Gasteiger partial charge in [0.05, 0.1) is 0 Å². The van der Waals surface area contributed by atoms with Crippen molar-refractivity contribution >= 4 is 35.1 Å². The molecule has 0 bridgehead atoms. The fourth-order valence-corrected chi connectivity index (χ4v) is 2.96. The number of hydrogen-bond acceptors (Lipinski definition) is 4. The maximum absolute atomic E-state index is 5.72. The van der Waals surface area contributed by atoms with Gasteiger partial charge in [0.25, 0.3) is 0 Å². The van der Waals surface area contributed by atoms with Crippen molar-refractivity contribution in [2.24, 2.45) is 0 Å². The monoisotopic (exact) mass is 307 g/mol. The highest BCUT2D eigenvalue weighted by Gasteiger charge is 1.99. The van der Waals surface area contributed by atoms with E-state index >= 15 is 0 Å². The predicted molar refractivity (Wildman–Crippen MR) is 85.9 cm³/mol. The lowest BCUT2D eigenvalue weighted by atomic mass is 10.1. The van der Waals surface area contributed by atoms with Gasteiger partial charge in [-0.1, -0.05) is 26.2 Å². The fraction of sp³-hybridized carbons (Fsp3) is 0.400. The van der Waals surface area contributed by atoms with Crippen molar-refractivity contribution in [3.63, 3.8) is 0 Å². The lowest BCUT2D eigenvalue weighted by Crippen LogP contribution is -1.88. The summed E-state index contributed by atoms with van der Waals surface area (Å²) < 4.78 is 0. The zero-order valence-corrected chi connectivity index (χ0v) is 13.1. The van der Waals surface area contributed by atoms with E-state index in [4.69, 9.17) is 11.6 Å². The standard InChI is InChI=1S/C15H18ClN3S/c1-2-3-4-5-6-12-7-8-13(20-12)9-10-14-17-11-18-15(16)19-14/h7-11H,2-6H2,1H3. The second-order valence-electron chi connectivity index (χ2n) is 4.56. The normalized spacial score (nSPS) is 11.3. The molecule has 2 aromatic rings. The Kier molecular flexibility index (Phi) is 6.15. The first kappa shape index (κ1) is 15.1. The van der Waals surface area contributed by atoms with Crippen LogP contribution >= 0.6 is 22.9 Å². The molecule has 2 rings (SSSR count). The van der Waals surface area contributed by atoms with Gasteiger partial charge < -0.3 is 0 Å². The molecule has 0 saturated carbocycles. The molecule has 0 aromatic carbocycles. The van der Waals surface area contributed by atoms with Gasteiger partial charge in [0.2, 0.25) is 5.28 Å². The highest BCUT2D eigenvalue weighted by Crippen LogP contribution is 2.21. The Morgan fingerprint density at radius 1 is 1.15 bits per heavy atom. The highest BCUT2D eigenvalue weighted by atomic mass is 35.5. The number of hydrogen-bond donors (Lipinski definition) is 0. The van der Waals surface area contributed by atoms with Crippen LogP contribution in [0.1, 0.15) is 48.2 Å². The molecule has 0 atom stereocenters. The molecule has 20 heavy (non-hydrogen) atoms. The van der Waals surface area contributed by atoms with E-state index in [1.165, 1.54) is 48.2 Å². The average molecular weight is 308 g/mol. The third kappa shape index (κ3) is 5.02. The third-order valence-corrected chi connectivity index (χ3v) is 4.21. The molecule has 0 radical (unpaired) electrons. The van der Waals surface area contributed by atoms with Crippen LogP contribution in [0.25, 0.3) is 12.2 Å². The molecular weight excluding hydrogens is 290 g/mol. The number of unbranched alkanes of at least 4 members (excludes halogenated alkanes) is 3. The number of rotatable bonds is 7. The van der Waals surface area contributed by atoms with Crippen LogP contribution in [-0.4, -0.2) is 15.0 Å². The fourth-order valence-electron chi connectivity index (χ4n) is 1.87. The molecular formula is C15H18ClN3S. The molecule has 0 aliphatic rings. The van der Waals surface area contributed by atoms with Crippen molar-refractivity contribution in [1.82, 2.24) is 15.0 Å². The Hall–Kier alpha value is -1.26. The van der Waals surface area contributed by atoms with Crippen molar-refractivity contribution < 1.29 is 0 Å². The van der Waals surface area contributed by atoms with Gasteiger partial charge >= 0.3 is 0 Å². The van der Waals surface area contributed by atoms with Crippen molar-refractivity contribution in [2.75, 3.05) is 0 Å². The molecule has 0 aliphatic heterocycles. The Morgan fingerprint density at radius 2 is 2.05 bits per heavy atom. The number of nitrogens with zero attached hydrogens (tertiary/aromatic N) is 3. The molecule has 0 spiro atoms. The molecule has 0 N–H and O–H groups in total. The van der Waals surface area contributed by atoms with Gasteiger partial charge in [0.15, 0.2) is 5.82 Å². The SMILES string of the molecule is CCCCCCc1ccc(C=Cc2ncnc(Cl)n2)s1. The maximum Gasteiger partial charge on any atom is 0.225 e. The summed E-state index contributed by atoms with van der Waals surface area (Å²) in [6, 6.07) is 4.34. The van der Waals surface area contributed by atoms with Gasteiger partial charge in [-0.05, 0) is 48.7 Å². The molecule has 0 amide bonds. The predicted octanol–water partition coefficient (Wildman–Crippen LogP) is 4.88. The van der Waals surface area contributed by atoms with Crippen LogP contribution in [-0.2, 0) is 6.42 Å². The molecule has 2 heterocycles. The quantitative estimate of drug-likeness (QED) is 0.684. The van der Waals surface area contributed by atoms with E-state index in [9.17, 15) is 0 Å². The van der Waals surface area contributed by atoms with Gasteiger partial charge in [-0.15, -0.1) is 11.3 Å². The molecule has 0 saturated heterocycles. The lowest BCUT2D eigenvalue weighted by Gasteiger charge is -1.96. The Balaban J connectivity index is 1.89. The van der Waals surface area contributed by atoms with E-state index in [-0.39, 0.29) is 5.28 Å². The summed E-state index contributed by atoms with van der Waals surface area (Å²) in [5, 5.41) is 0.224. The van der Waals surface area contributed by atoms with Crippen molar-refractivity contribution in [1.29, 1.82) is 0 Å². The summed E-state index contributed by atoms with van der Waals surface area (Å²) in [5.74, 6) is 0.586. The first-order valence-corrected chi connectivity index (χ1v) is 8.08. The van der Waals surface area contributed by atoms with Crippen LogP contribution in [0.4, 0.5) is 0 Å². The third-order valence-electron chi connectivity index (χ3n) is 2.92. The first-order valence-electron chi connectivity index (χ1n) is 6.89. The van der Waals surface area contributed by atoms with E-state index in [2.05, 4.69) is 34.0 Å². The highest BCUT2D eigenvalue weighted by molar-refractivity contribution is 7.12. The van der Waals surface area contributed by atoms with Crippen LogP contribution in [0.3, 0.4) is 0 Å². The topological polar surface area (TPSA) is 38.7 Å². The van der Waals surface area contributed by atoms with Gasteiger partial charge in [0, 0.05) is 9.75 Å². The van der Waals surface area contributed by atoms with Crippen LogP contribution in [0.15, 0.2) is 18.5 Å². The van der Waals surface area contributed by atoms with Gasteiger partial charge in [-0.3, -0.25) is 0 Å². The van der Waals surface area contributed by atoms with Gasteiger partial charge in [0.1, 0.15) is 6.33 Å². The minimum Gasteiger partial charge on any atom is -0.217 e. The van der Waals surface area contributed by atoms with Crippen molar-refractivity contribution in [2.45, 2.75) is 39.0 Å².